The summed E-state index contributed by atoms with van der Waals surface area (Å²) in [6, 6.07) is 8.07. The number of carboxylic acid groups (broad SMARTS) is 1. The first kappa shape index (κ1) is 16.0. The predicted molar refractivity (Wildman–Crippen MR) is 81.4 cm³/mol. The zero-order valence-corrected chi connectivity index (χ0v) is 13.4. The van der Waals surface area contributed by atoms with Crippen molar-refractivity contribution in [2.75, 3.05) is 7.05 Å². The maximum Gasteiger partial charge on any atom is 0.345 e. The van der Waals surface area contributed by atoms with E-state index in [1.807, 2.05) is 0 Å². The van der Waals surface area contributed by atoms with Crippen molar-refractivity contribution in [3.8, 4) is 0 Å². The van der Waals surface area contributed by atoms with E-state index in [0.29, 0.717) is 5.02 Å². The van der Waals surface area contributed by atoms with Crippen LogP contribution in [0.3, 0.4) is 0 Å². The number of nitrogens with zero attached hydrogens (tertiary/aromatic N) is 1. The highest BCUT2D eigenvalue weighted by atomic mass is 35.5. The number of rotatable bonds is 5. The van der Waals surface area contributed by atoms with Gasteiger partial charge in [-0.3, -0.25) is 0 Å². The van der Waals surface area contributed by atoms with E-state index in [9.17, 15) is 13.2 Å². The number of hydrogen-bond acceptors (Lipinski definition) is 4. The first-order valence-corrected chi connectivity index (χ1v) is 8.53. The van der Waals surface area contributed by atoms with E-state index in [2.05, 4.69) is 0 Å². The van der Waals surface area contributed by atoms with E-state index in [1.165, 1.54) is 12.4 Å². The van der Waals surface area contributed by atoms with Gasteiger partial charge in [0.15, 0.2) is 0 Å². The van der Waals surface area contributed by atoms with Gasteiger partial charge in [0.1, 0.15) is 4.88 Å². The van der Waals surface area contributed by atoms with Gasteiger partial charge in [0, 0.05) is 24.0 Å². The van der Waals surface area contributed by atoms with Crippen LogP contribution < -0.4 is 0 Å². The number of thiophene rings is 1. The first-order valence-electron chi connectivity index (χ1n) is 5.83. The van der Waals surface area contributed by atoms with Gasteiger partial charge in [0.25, 0.3) is 0 Å². The van der Waals surface area contributed by atoms with Crippen molar-refractivity contribution in [3.05, 3.63) is 51.2 Å². The van der Waals surface area contributed by atoms with Crippen LogP contribution >= 0.6 is 22.9 Å². The molecule has 0 aliphatic carbocycles. The second-order valence-electron chi connectivity index (χ2n) is 4.34. The Labute approximate surface area is 131 Å². The molecule has 1 heterocycles. The van der Waals surface area contributed by atoms with Gasteiger partial charge in [-0.2, -0.15) is 4.31 Å². The van der Waals surface area contributed by atoms with E-state index < -0.39 is 16.0 Å². The van der Waals surface area contributed by atoms with E-state index in [0.717, 1.165) is 27.3 Å². The van der Waals surface area contributed by atoms with Gasteiger partial charge in [-0.25, -0.2) is 13.2 Å². The van der Waals surface area contributed by atoms with Crippen molar-refractivity contribution in [2.45, 2.75) is 11.4 Å². The number of halogens is 1. The highest BCUT2D eigenvalue weighted by Gasteiger charge is 2.23. The molecule has 112 valence electrons. The molecule has 21 heavy (non-hydrogen) atoms. The summed E-state index contributed by atoms with van der Waals surface area (Å²) in [5, 5.41) is 10.7. The second kappa shape index (κ2) is 6.15. The number of aromatic carboxylic acids is 1. The fourth-order valence-electron chi connectivity index (χ4n) is 1.72. The average molecular weight is 346 g/mol. The molecule has 2 aromatic rings. The molecule has 0 unspecified atom stereocenters. The lowest BCUT2D eigenvalue weighted by Gasteiger charge is -2.16. The number of carbonyl (C=O) groups is 1. The molecule has 0 aliphatic rings. The maximum atomic E-state index is 12.4. The van der Waals surface area contributed by atoms with Crippen LogP contribution in [0.1, 0.15) is 15.2 Å². The molecule has 0 amide bonds. The minimum Gasteiger partial charge on any atom is -0.477 e. The Balaban J connectivity index is 2.23. The Morgan fingerprint density at radius 3 is 2.67 bits per heavy atom. The Kier molecular flexibility index (Phi) is 4.67. The summed E-state index contributed by atoms with van der Waals surface area (Å²) in [7, 11) is -2.29. The van der Waals surface area contributed by atoms with Gasteiger partial charge >= 0.3 is 5.97 Å². The highest BCUT2D eigenvalue weighted by Crippen LogP contribution is 2.23. The van der Waals surface area contributed by atoms with Gasteiger partial charge in [-0.15, -0.1) is 11.3 Å². The van der Waals surface area contributed by atoms with E-state index in [1.54, 1.807) is 24.3 Å². The van der Waals surface area contributed by atoms with Gasteiger partial charge in [-0.05, 0) is 23.8 Å². The zero-order chi connectivity index (χ0) is 15.6. The molecular weight excluding hydrogens is 334 g/mol. The van der Waals surface area contributed by atoms with Crippen LogP contribution in [-0.4, -0.2) is 30.8 Å². The van der Waals surface area contributed by atoms with Crippen molar-refractivity contribution in [2.24, 2.45) is 0 Å². The predicted octanol–water partition coefficient (Wildman–Crippen LogP) is 2.92. The van der Waals surface area contributed by atoms with E-state index in [-0.39, 0.29) is 16.3 Å². The van der Waals surface area contributed by atoms with Crippen LogP contribution in [0.2, 0.25) is 5.02 Å². The van der Waals surface area contributed by atoms with Crippen LogP contribution in [0.5, 0.6) is 0 Å². The Morgan fingerprint density at radius 2 is 2.10 bits per heavy atom. The molecule has 1 N–H and O–H groups in total. The van der Waals surface area contributed by atoms with Crippen LogP contribution in [0.15, 0.2) is 40.6 Å². The lowest BCUT2D eigenvalue weighted by Crippen LogP contribution is -2.26. The number of sulfonamides is 1. The minimum absolute atomic E-state index is 0.00951. The lowest BCUT2D eigenvalue weighted by atomic mass is 10.2. The molecule has 0 saturated heterocycles. The molecule has 0 bridgehead atoms. The quantitative estimate of drug-likeness (QED) is 0.904. The Morgan fingerprint density at radius 1 is 1.38 bits per heavy atom. The van der Waals surface area contributed by atoms with Crippen LogP contribution in [0.25, 0.3) is 0 Å². The minimum atomic E-state index is -3.73. The van der Waals surface area contributed by atoms with Gasteiger partial charge < -0.3 is 5.11 Å². The van der Waals surface area contributed by atoms with Crippen molar-refractivity contribution >= 4 is 38.9 Å². The molecule has 0 radical (unpaired) electrons. The molecule has 0 aliphatic heterocycles. The summed E-state index contributed by atoms with van der Waals surface area (Å²) in [4.78, 5) is 10.8. The fourth-order valence-corrected chi connectivity index (χ4v) is 4.19. The van der Waals surface area contributed by atoms with Crippen molar-refractivity contribution in [1.82, 2.24) is 4.31 Å². The zero-order valence-electron chi connectivity index (χ0n) is 11.0. The third kappa shape index (κ3) is 3.62. The summed E-state index contributed by atoms with van der Waals surface area (Å²) >= 11 is 6.75. The van der Waals surface area contributed by atoms with Gasteiger partial charge in [0.2, 0.25) is 10.0 Å². The smallest absolute Gasteiger partial charge is 0.345 e. The van der Waals surface area contributed by atoms with Crippen LogP contribution in [-0.2, 0) is 16.6 Å². The monoisotopic (exact) mass is 345 g/mol. The normalized spacial score (nSPS) is 11.8. The molecule has 5 nitrogen and oxygen atoms in total. The molecule has 8 heteroatoms. The summed E-state index contributed by atoms with van der Waals surface area (Å²) in [5.41, 5.74) is 0.752. The van der Waals surface area contributed by atoms with Crippen molar-refractivity contribution in [3.63, 3.8) is 0 Å². The molecular formula is C13H12ClNO4S2. The molecule has 0 saturated carbocycles. The fraction of sp³-hybridized carbons (Fsp3) is 0.154. The topological polar surface area (TPSA) is 74.7 Å². The summed E-state index contributed by atoms with van der Waals surface area (Å²) in [6.45, 7) is 0.154. The first-order chi connectivity index (χ1) is 9.80. The largest absolute Gasteiger partial charge is 0.477 e. The second-order valence-corrected chi connectivity index (χ2v) is 7.74. The molecule has 0 fully saturated rings. The summed E-state index contributed by atoms with van der Waals surface area (Å²) < 4.78 is 25.9. The Hall–Kier alpha value is -1.41. The van der Waals surface area contributed by atoms with Gasteiger partial charge in [0.05, 0.1) is 4.90 Å². The third-order valence-electron chi connectivity index (χ3n) is 2.79. The maximum absolute atomic E-state index is 12.4. The molecule has 1 aromatic heterocycles. The Bertz CT molecular complexity index is 770. The lowest BCUT2D eigenvalue weighted by molar-refractivity contribution is 0.0702. The molecule has 1 aromatic carbocycles. The van der Waals surface area contributed by atoms with Crippen LogP contribution in [0, 0.1) is 0 Å². The SMILES string of the molecule is CN(Cc1cccc(Cl)c1)S(=O)(=O)c1csc(C(=O)O)c1. The number of hydrogen-bond donors (Lipinski definition) is 1. The number of benzene rings is 1. The molecule has 2 rings (SSSR count). The average Bonchev–Trinajstić information content (AvgIpc) is 2.89. The summed E-state index contributed by atoms with van der Waals surface area (Å²) in [6.07, 6.45) is 0. The van der Waals surface area contributed by atoms with E-state index in [4.69, 9.17) is 16.7 Å². The van der Waals surface area contributed by atoms with Crippen molar-refractivity contribution in [1.29, 1.82) is 0 Å². The number of carboxylic acids is 1. The molecule has 0 atom stereocenters. The van der Waals surface area contributed by atoms with E-state index >= 15 is 0 Å². The summed E-state index contributed by atoms with van der Waals surface area (Å²) in [5.74, 6) is -1.14. The molecule has 0 spiro atoms. The standard InChI is InChI=1S/C13H12ClNO4S2/c1-15(7-9-3-2-4-10(14)5-9)21(18,19)11-6-12(13(16)17)20-8-11/h2-6,8H,7H2,1H3,(H,16,17). The highest BCUT2D eigenvalue weighted by molar-refractivity contribution is 7.89. The van der Waals surface area contributed by atoms with Crippen LogP contribution in [0.4, 0.5) is 0 Å². The van der Waals surface area contributed by atoms with Gasteiger partial charge in [-0.1, -0.05) is 23.7 Å². The third-order valence-corrected chi connectivity index (χ3v) is 5.87. The van der Waals surface area contributed by atoms with Crippen molar-refractivity contribution < 1.29 is 18.3 Å².